The molecule has 0 aromatic heterocycles. The van der Waals surface area contributed by atoms with Crippen molar-refractivity contribution in [1.29, 1.82) is 0 Å². The highest BCUT2D eigenvalue weighted by molar-refractivity contribution is 9.10. The molecule has 0 spiro atoms. The van der Waals surface area contributed by atoms with Crippen LogP contribution in [0.2, 0.25) is 0 Å². The highest BCUT2D eigenvalue weighted by atomic mass is 79.9. The highest BCUT2D eigenvalue weighted by Gasteiger charge is 2.21. The summed E-state index contributed by atoms with van der Waals surface area (Å²) in [5.74, 6) is 0.323. The van der Waals surface area contributed by atoms with Crippen LogP contribution in [0.3, 0.4) is 0 Å². The molecule has 0 saturated carbocycles. The Hall–Kier alpha value is -1.60. The van der Waals surface area contributed by atoms with Crippen LogP contribution in [0, 0.1) is 0 Å². The van der Waals surface area contributed by atoms with Crippen molar-refractivity contribution in [3.05, 3.63) is 28.2 Å². The SMILES string of the molecule is COC(=O)NC(=O)[C@H](C)N(C)Cc1cc(Br)ccc1OC. The fourth-order valence-electron chi connectivity index (χ4n) is 1.73. The average molecular weight is 359 g/mol. The predicted molar refractivity (Wildman–Crippen MR) is 82.2 cm³/mol. The zero-order valence-corrected chi connectivity index (χ0v) is 14.1. The number of hydrogen-bond acceptors (Lipinski definition) is 5. The molecule has 6 nitrogen and oxygen atoms in total. The number of likely N-dealkylation sites (N-methyl/N-ethyl adjacent to an activating group) is 1. The van der Waals surface area contributed by atoms with Crippen molar-refractivity contribution in [1.82, 2.24) is 10.2 Å². The molecule has 0 fully saturated rings. The van der Waals surface area contributed by atoms with Crippen LogP contribution in [0.15, 0.2) is 22.7 Å². The van der Waals surface area contributed by atoms with Gasteiger partial charge in [0.25, 0.3) is 0 Å². The van der Waals surface area contributed by atoms with E-state index in [4.69, 9.17) is 4.74 Å². The number of benzene rings is 1. The molecule has 0 saturated heterocycles. The predicted octanol–water partition coefficient (Wildman–Crippen LogP) is 2.16. The largest absolute Gasteiger partial charge is 0.496 e. The Balaban J connectivity index is 2.76. The van der Waals surface area contributed by atoms with Gasteiger partial charge in [-0.2, -0.15) is 0 Å². The Kier molecular flexibility index (Phi) is 6.64. The molecular weight excluding hydrogens is 340 g/mol. The fraction of sp³-hybridized carbons (Fsp3) is 0.429. The normalized spacial score (nSPS) is 11.9. The molecule has 1 atom stereocenters. The quantitative estimate of drug-likeness (QED) is 0.873. The van der Waals surface area contributed by atoms with Crippen molar-refractivity contribution in [2.24, 2.45) is 0 Å². The first-order valence-electron chi connectivity index (χ1n) is 6.30. The third kappa shape index (κ3) is 5.02. The van der Waals surface area contributed by atoms with Crippen molar-refractivity contribution >= 4 is 27.9 Å². The molecule has 0 radical (unpaired) electrons. The van der Waals surface area contributed by atoms with Crippen molar-refractivity contribution < 1.29 is 19.1 Å². The minimum atomic E-state index is -0.764. The number of alkyl carbamates (subject to hydrolysis) is 1. The van der Waals surface area contributed by atoms with Gasteiger partial charge in [-0.3, -0.25) is 15.0 Å². The summed E-state index contributed by atoms with van der Waals surface area (Å²) < 4.78 is 10.6. The summed E-state index contributed by atoms with van der Waals surface area (Å²) >= 11 is 3.41. The molecule has 0 bridgehead atoms. The third-order valence-corrected chi connectivity index (χ3v) is 3.61. The summed E-state index contributed by atoms with van der Waals surface area (Å²) in [5, 5.41) is 2.15. The van der Waals surface area contributed by atoms with Gasteiger partial charge in [0.05, 0.1) is 20.3 Å². The number of carbonyl (C=O) groups excluding carboxylic acids is 2. The standard InChI is InChI=1S/C14H19BrN2O4/c1-9(13(18)16-14(19)21-4)17(2)8-10-7-11(15)5-6-12(10)20-3/h5-7,9H,8H2,1-4H3,(H,16,18,19)/t9-/m0/s1. The molecule has 0 heterocycles. The summed E-state index contributed by atoms with van der Waals surface area (Å²) in [7, 11) is 4.60. The molecule has 21 heavy (non-hydrogen) atoms. The molecule has 1 N–H and O–H groups in total. The number of nitrogens with one attached hydrogen (secondary N) is 1. The molecular formula is C14H19BrN2O4. The number of ether oxygens (including phenoxy) is 2. The second-order valence-electron chi connectivity index (χ2n) is 4.53. The molecule has 116 valence electrons. The molecule has 0 aliphatic rings. The van der Waals surface area contributed by atoms with E-state index in [1.165, 1.54) is 7.11 Å². The van der Waals surface area contributed by atoms with E-state index in [0.29, 0.717) is 6.54 Å². The van der Waals surface area contributed by atoms with Gasteiger partial charge in [0.2, 0.25) is 5.91 Å². The molecule has 1 aromatic carbocycles. The number of rotatable bonds is 5. The van der Waals surface area contributed by atoms with E-state index in [2.05, 4.69) is 26.0 Å². The van der Waals surface area contributed by atoms with Crippen LogP contribution in [-0.2, 0) is 16.1 Å². The third-order valence-electron chi connectivity index (χ3n) is 3.11. The van der Waals surface area contributed by atoms with Gasteiger partial charge in [-0.1, -0.05) is 15.9 Å². The first-order valence-corrected chi connectivity index (χ1v) is 7.09. The lowest BCUT2D eigenvalue weighted by Crippen LogP contribution is -2.45. The van der Waals surface area contributed by atoms with E-state index in [1.54, 1.807) is 21.1 Å². The van der Waals surface area contributed by atoms with Crippen LogP contribution in [-0.4, -0.2) is 44.2 Å². The van der Waals surface area contributed by atoms with Crippen molar-refractivity contribution in [2.45, 2.75) is 19.5 Å². The Morgan fingerprint density at radius 1 is 1.38 bits per heavy atom. The van der Waals surface area contributed by atoms with E-state index >= 15 is 0 Å². The van der Waals surface area contributed by atoms with E-state index < -0.39 is 18.0 Å². The topological polar surface area (TPSA) is 67.9 Å². The number of methoxy groups -OCH3 is 2. The Bertz CT molecular complexity index is 522. The minimum Gasteiger partial charge on any atom is -0.496 e. The maximum absolute atomic E-state index is 11.9. The number of amides is 2. The fourth-order valence-corrected chi connectivity index (χ4v) is 2.14. The van der Waals surface area contributed by atoms with Crippen LogP contribution in [0.25, 0.3) is 0 Å². The molecule has 0 aliphatic heterocycles. The lowest BCUT2D eigenvalue weighted by atomic mass is 10.1. The summed E-state index contributed by atoms with van der Waals surface area (Å²) in [6, 6.07) is 5.18. The van der Waals surface area contributed by atoms with Crippen LogP contribution in [0.1, 0.15) is 12.5 Å². The lowest BCUT2D eigenvalue weighted by molar-refractivity contribution is -0.124. The highest BCUT2D eigenvalue weighted by Crippen LogP contribution is 2.24. The second kappa shape index (κ2) is 7.99. The summed E-state index contributed by atoms with van der Waals surface area (Å²) in [6.45, 7) is 2.21. The van der Waals surface area contributed by atoms with Crippen molar-refractivity contribution in [3.8, 4) is 5.75 Å². The van der Waals surface area contributed by atoms with Crippen molar-refractivity contribution in [3.63, 3.8) is 0 Å². The van der Waals surface area contributed by atoms with Gasteiger partial charge in [0, 0.05) is 16.6 Å². The molecule has 1 rings (SSSR count). The Morgan fingerprint density at radius 3 is 2.62 bits per heavy atom. The van der Waals surface area contributed by atoms with Crippen molar-refractivity contribution in [2.75, 3.05) is 21.3 Å². The first-order chi connectivity index (χ1) is 9.88. The van der Waals surface area contributed by atoms with Gasteiger partial charge in [-0.15, -0.1) is 0 Å². The molecule has 7 heteroatoms. The number of imide groups is 1. The minimum absolute atomic E-state index is 0.418. The number of carbonyl (C=O) groups is 2. The average Bonchev–Trinajstić information content (AvgIpc) is 2.46. The van der Waals surface area contributed by atoms with Gasteiger partial charge in [0.1, 0.15) is 5.75 Å². The Labute approximate surface area is 132 Å². The van der Waals surface area contributed by atoms with Crippen LogP contribution < -0.4 is 10.1 Å². The van der Waals surface area contributed by atoms with E-state index in [0.717, 1.165) is 15.8 Å². The zero-order valence-electron chi connectivity index (χ0n) is 12.5. The van der Waals surface area contributed by atoms with Gasteiger partial charge < -0.3 is 9.47 Å². The number of hydrogen-bond donors (Lipinski definition) is 1. The van der Waals surface area contributed by atoms with Gasteiger partial charge in [0.15, 0.2) is 0 Å². The zero-order chi connectivity index (χ0) is 16.0. The summed E-state index contributed by atoms with van der Waals surface area (Å²) in [4.78, 5) is 24.7. The number of nitrogens with zero attached hydrogens (tertiary/aromatic N) is 1. The molecule has 1 aromatic rings. The maximum Gasteiger partial charge on any atom is 0.413 e. The van der Waals surface area contributed by atoms with E-state index in [9.17, 15) is 9.59 Å². The monoisotopic (exact) mass is 358 g/mol. The lowest BCUT2D eigenvalue weighted by Gasteiger charge is -2.24. The Morgan fingerprint density at radius 2 is 2.05 bits per heavy atom. The maximum atomic E-state index is 11.9. The van der Waals surface area contributed by atoms with Gasteiger partial charge in [-0.25, -0.2) is 4.79 Å². The molecule has 2 amide bonds. The van der Waals surface area contributed by atoms with E-state index in [1.807, 2.05) is 23.1 Å². The smallest absolute Gasteiger partial charge is 0.413 e. The van der Waals surface area contributed by atoms with Crippen LogP contribution in [0.4, 0.5) is 4.79 Å². The molecule has 0 aliphatic carbocycles. The van der Waals surface area contributed by atoms with Crippen LogP contribution >= 0.6 is 15.9 Å². The van der Waals surface area contributed by atoms with Gasteiger partial charge in [-0.05, 0) is 32.2 Å². The van der Waals surface area contributed by atoms with E-state index in [-0.39, 0.29) is 0 Å². The summed E-state index contributed by atoms with van der Waals surface area (Å²) in [6.07, 6.45) is -0.764. The van der Waals surface area contributed by atoms with Gasteiger partial charge >= 0.3 is 6.09 Å². The summed E-state index contributed by atoms with van der Waals surface area (Å²) in [5.41, 5.74) is 0.937. The first kappa shape index (κ1) is 17.5. The second-order valence-corrected chi connectivity index (χ2v) is 5.44. The van der Waals surface area contributed by atoms with Crippen LogP contribution in [0.5, 0.6) is 5.75 Å². The molecule has 0 unspecified atom stereocenters. The number of halogens is 1.